The second-order valence-corrected chi connectivity index (χ2v) is 8.31. The fourth-order valence-corrected chi connectivity index (χ4v) is 5.35. The number of hydrogen-bond donors (Lipinski definition) is 1. The third-order valence-corrected chi connectivity index (χ3v) is 6.74. The number of piperidine rings is 2. The molecule has 4 heteroatoms. The molecule has 1 N–H and O–H groups in total. The van der Waals surface area contributed by atoms with Crippen molar-refractivity contribution in [2.45, 2.75) is 38.1 Å². The van der Waals surface area contributed by atoms with Crippen LogP contribution in [-0.2, 0) is 0 Å². The van der Waals surface area contributed by atoms with E-state index in [2.05, 4.69) is 10.2 Å². The molecule has 0 saturated carbocycles. The molecule has 0 radical (unpaired) electrons. The minimum atomic E-state index is -0.0510. The molecule has 2 heterocycles. The standard InChI is InChI=1S/C24H26N2O2/c27-23-17-8-1-2-9-18(17)24(28)22-19(23)10-5-11-20(22)25-15-16-7-6-14-26-13-4-3-12-21(16)26/h1-2,5,8-11,16,21,25H,3-4,6-7,12-15H2/t16-,21+/m0/s1. The molecule has 0 spiro atoms. The number of carbonyl (C=O) groups is 2. The fraction of sp³-hybridized carbons (Fsp3) is 0.417. The lowest BCUT2D eigenvalue weighted by Gasteiger charge is -2.44. The normalized spacial score (nSPS) is 24.3. The summed E-state index contributed by atoms with van der Waals surface area (Å²) >= 11 is 0. The van der Waals surface area contributed by atoms with E-state index in [9.17, 15) is 9.59 Å². The van der Waals surface area contributed by atoms with E-state index in [0.717, 1.165) is 12.2 Å². The van der Waals surface area contributed by atoms with Crippen LogP contribution in [0.3, 0.4) is 0 Å². The molecule has 2 atom stereocenters. The molecule has 2 aromatic rings. The Hall–Kier alpha value is -2.46. The molecule has 28 heavy (non-hydrogen) atoms. The summed E-state index contributed by atoms with van der Waals surface area (Å²) in [5, 5.41) is 3.56. The van der Waals surface area contributed by atoms with Crippen LogP contribution in [0.15, 0.2) is 42.5 Å². The van der Waals surface area contributed by atoms with Crippen LogP contribution in [-0.4, -0.2) is 42.1 Å². The van der Waals surface area contributed by atoms with Crippen LogP contribution in [0.2, 0.25) is 0 Å². The van der Waals surface area contributed by atoms with Gasteiger partial charge in [-0.3, -0.25) is 9.59 Å². The van der Waals surface area contributed by atoms with Crippen molar-refractivity contribution in [2.24, 2.45) is 5.92 Å². The SMILES string of the molecule is O=C1c2ccccc2C(=O)c2c(NC[C@@H]3CCCN4CCCC[C@H]34)cccc21. The van der Waals surface area contributed by atoms with Crippen molar-refractivity contribution in [3.05, 3.63) is 64.7 Å². The number of rotatable bonds is 3. The Bertz CT molecular complexity index is 934. The maximum absolute atomic E-state index is 13.2. The van der Waals surface area contributed by atoms with Crippen molar-refractivity contribution in [1.82, 2.24) is 4.90 Å². The van der Waals surface area contributed by atoms with Gasteiger partial charge in [0.2, 0.25) is 0 Å². The molecule has 1 aliphatic carbocycles. The van der Waals surface area contributed by atoms with Crippen LogP contribution in [0.4, 0.5) is 5.69 Å². The smallest absolute Gasteiger partial charge is 0.196 e. The molecule has 0 amide bonds. The summed E-state index contributed by atoms with van der Waals surface area (Å²) in [7, 11) is 0. The maximum atomic E-state index is 13.2. The number of anilines is 1. The number of hydrogen-bond acceptors (Lipinski definition) is 4. The number of ketones is 2. The summed E-state index contributed by atoms with van der Waals surface area (Å²) in [6, 6.07) is 13.4. The van der Waals surface area contributed by atoms with Gasteiger partial charge >= 0.3 is 0 Å². The largest absolute Gasteiger partial charge is 0.384 e. The Balaban J connectivity index is 1.41. The Morgan fingerprint density at radius 1 is 0.821 bits per heavy atom. The monoisotopic (exact) mass is 374 g/mol. The molecular weight excluding hydrogens is 348 g/mol. The number of carbonyl (C=O) groups excluding carboxylic acids is 2. The second-order valence-electron chi connectivity index (χ2n) is 8.31. The summed E-state index contributed by atoms with van der Waals surface area (Å²) in [5.41, 5.74) is 2.91. The first-order chi connectivity index (χ1) is 13.7. The molecule has 144 valence electrons. The zero-order valence-corrected chi connectivity index (χ0v) is 16.1. The highest BCUT2D eigenvalue weighted by Gasteiger charge is 2.34. The molecule has 5 rings (SSSR count). The first-order valence-corrected chi connectivity index (χ1v) is 10.5. The quantitative estimate of drug-likeness (QED) is 0.749. The van der Waals surface area contributed by atoms with Gasteiger partial charge in [0.25, 0.3) is 0 Å². The Kier molecular flexibility index (Phi) is 4.52. The summed E-state index contributed by atoms with van der Waals surface area (Å²) < 4.78 is 0. The average Bonchev–Trinajstić information content (AvgIpc) is 2.75. The number of benzene rings is 2. The van der Waals surface area contributed by atoms with Gasteiger partial charge in [-0.2, -0.15) is 0 Å². The Labute approximate surface area is 165 Å². The molecule has 4 nitrogen and oxygen atoms in total. The molecule has 2 saturated heterocycles. The highest BCUT2D eigenvalue weighted by atomic mass is 16.1. The van der Waals surface area contributed by atoms with E-state index in [1.54, 1.807) is 18.2 Å². The first kappa shape index (κ1) is 17.6. The summed E-state index contributed by atoms with van der Waals surface area (Å²) in [5.74, 6) is 0.507. The Morgan fingerprint density at radius 3 is 2.43 bits per heavy atom. The minimum absolute atomic E-state index is 0.0452. The highest BCUT2D eigenvalue weighted by Crippen LogP contribution is 2.34. The summed E-state index contributed by atoms with van der Waals surface area (Å²) in [4.78, 5) is 28.7. The molecule has 0 aromatic heterocycles. The number of nitrogens with zero attached hydrogens (tertiary/aromatic N) is 1. The zero-order chi connectivity index (χ0) is 19.1. The van der Waals surface area contributed by atoms with Crippen LogP contribution >= 0.6 is 0 Å². The zero-order valence-electron chi connectivity index (χ0n) is 16.1. The number of nitrogens with one attached hydrogen (secondary N) is 1. The highest BCUT2D eigenvalue weighted by molar-refractivity contribution is 6.30. The molecule has 2 aliphatic heterocycles. The van der Waals surface area contributed by atoms with Gasteiger partial charge in [0, 0.05) is 35.0 Å². The van der Waals surface area contributed by atoms with Gasteiger partial charge in [0.1, 0.15) is 0 Å². The lowest BCUT2D eigenvalue weighted by molar-refractivity contribution is 0.0649. The topological polar surface area (TPSA) is 49.4 Å². The number of fused-ring (bicyclic) bond motifs is 3. The van der Waals surface area contributed by atoms with E-state index < -0.39 is 0 Å². The lowest BCUT2D eigenvalue weighted by Crippen LogP contribution is -2.49. The molecule has 2 aromatic carbocycles. The molecule has 0 unspecified atom stereocenters. The third-order valence-electron chi connectivity index (χ3n) is 6.74. The van der Waals surface area contributed by atoms with Gasteiger partial charge in [-0.1, -0.05) is 42.8 Å². The van der Waals surface area contributed by atoms with E-state index in [1.165, 1.54) is 45.2 Å². The van der Waals surface area contributed by atoms with Crippen molar-refractivity contribution in [2.75, 3.05) is 25.0 Å². The van der Waals surface area contributed by atoms with E-state index in [4.69, 9.17) is 0 Å². The van der Waals surface area contributed by atoms with Crippen molar-refractivity contribution in [3.63, 3.8) is 0 Å². The van der Waals surface area contributed by atoms with Gasteiger partial charge in [-0.25, -0.2) is 0 Å². The molecule has 3 aliphatic rings. The predicted molar refractivity (Wildman–Crippen MR) is 110 cm³/mol. The Morgan fingerprint density at radius 2 is 1.57 bits per heavy atom. The van der Waals surface area contributed by atoms with Crippen LogP contribution in [0.1, 0.15) is 63.9 Å². The second kappa shape index (κ2) is 7.17. The van der Waals surface area contributed by atoms with Crippen LogP contribution < -0.4 is 5.32 Å². The van der Waals surface area contributed by atoms with Gasteiger partial charge in [0.05, 0.1) is 5.56 Å². The van der Waals surface area contributed by atoms with Gasteiger partial charge in [-0.05, 0) is 50.8 Å². The average molecular weight is 374 g/mol. The van der Waals surface area contributed by atoms with E-state index in [0.29, 0.717) is 34.2 Å². The van der Waals surface area contributed by atoms with E-state index in [-0.39, 0.29) is 11.6 Å². The van der Waals surface area contributed by atoms with Crippen molar-refractivity contribution in [1.29, 1.82) is 0 Å². The molecule has 2 fully saturated rings. The fourth-order valence-electron chi connectivity index (χ4n) is 5.35. The molecular formula is C24H26N2O2. The summed E-state index contributed by atoms with van der Waals surface area (Å²) in [6.45, 7) is 3.32. The van der Waals surface area contributed by atoms with E-state index >= 15 is 0 Å². The van der Waals surface area contributed by atoms with Crippen molar-refractivity contribution >= 4 is 17.3 Å². The van der Waals surface area contributed by atoms with Gasteiger partial charge in [-0.15, -0.1) is 0 Å². The predicted octanol–water partition coefficient (Wildman–Crippen LogP) is 4.14. The van der Waals surface area contributed by atoms with Crippen LogP contribution in [0, 0.1) is 5.92 Å². The van der Waals surface area contributed by atoms with Gasteiger partial charge < -0.3 is 10.2 Å². The van der Waals surface area contributed by atoms with Gasteiger partial charge in [0.15, 0.2) is 11.6 Å². The van der Waals surface area contributed by atoms with Crippen molar-refractivity contribution < 1.29 is 9.59 Å². The van der Waals surface area contributed by atoms with E-state index in [1.807, 2.05) is 24.3 Å². The lowest BCUT2D eigenvalue weighted by atomic mass is 9.82. The third kappa shape index (κ3) is 2.87. The minimum Gasteiger partial charge on any atom is -0.384 e. The van der Waals surface area contributed by atoms with Crippen LogP contribution in [0.5, 0.6) is 0 Å². The maximum Gasteiger partial charge on any atom is 0.196 e. The van der Waals surface area contributed by atoms with Crippen molar-refractivity contribution in [3.8, 4) is 0 Å². The molecule has 0 bridgehead atoms. The first-order valence-electron chi connectivity index (χ1n) is 10.5. The summed E-state index contributed by atoms with van der Waals surface area (Å²) in [6.07, 6.45) is 6.41. The van der Waals surface area contributed by atoms with Crippen LogP contribution in [0.25, 0.3) is 0 Å².